The maximum atomic E-state index is 12.9. The van der Waals surface area contributed by atoms with Crippen LogP contribution in [-0.2, 0) is 14.4 Å². The molecule has 6 nitrogen and oxygen atoms in total. The second kappa shape index (κ2) is 7.81. The molecule has 3 N–H and O–H groups in total. The van der Waals surface area contributed by atoms with Crippen LogP contribution >= 0.6 is 0 Å². The molecule has 4 fully saturated rings. The van der Waals surface area contributed by atoms with Gasteiger partial charge in [0.05, 0.1) is 13.1 Å². The number of hydrogen-bond acceptors (Lipinski definition) is 3. The fraction of sp³-hybridized carbons (Fsp3) is 0.609. The highest BCUT2D eigenvalue weighted by molar-refractivity contribution is 5.96. The number of rotatable bonds is 6. The van der Waals surface area contributed by atoms with E-state index in [1.54, 1.807) is 0 Å². The first kappa shape index (κ1) is 19.9. The van der Waals surface area contributed by atoms with Crippen LogP contribution in [0.5, 0.6) is 0 Å². The lowest BCUT2D eigenvalue weighted by atomic mass is 9.49. The minimum Gasteiger partial charge on any atom is -0.347 e. The molecule has 0 aliphatic heterocycles. The molecule has 4 aliphatic rings. The number of nitrogens with one attached hydrogen (secondary N) is 3. The van der Waals surface area contributed by atoms with Crippen LogP contribution < -0.4 is 16.0 Å². The van der Waals surface area contributed by atoms with Crippen molar-refractivity contribution in [1.82, 2.24) is 10.6 Å². The van der Waals surface area contributed by atoms with Gasteiger partial charge in [-0.15, -0.1) is 0 Å². The van der Waals surface area contributed by atoms with Crippen molar-refractivity contribution in [1.29, 1.82) is 0 Å². The lowest BCUT2D eigenvalue weighted by molar-refractivity contribution is -0.147. The van der Waals surface area contributed by atoms with Crippen molar-refractivity contribution in [2.75, 3.05) is 18.4 Å². The number of aryl methyl sites for hydroxylation is 1. The Balaban J connectivity index is 1.23. The van der Waals surface area contributed by atoms with E-state index in [9.17, 15) is 14.4 Å². The average molecular weight is 398 g/mol. The van der Waals surface area contributed by atoms with Crippen molar-refractivity contribution in [3.63, 3.8) is 0 Å². The topological polar surface area (TPSA) is 87.3 Å². The molecule has 0 saturated heterocycles. The molecule has 1 aromatic rings. The first-order valence-corrected chi connectivity index (χ1v) is 10.8. The summed E-state index contributed by atoms with van der Waals surface area (Å²) in [6, 6.07) is 5.71. The van der Waals surface area contributed by atoms with Crippen molar-refractivity contribution in [3.05, 3.63) is 29.3 Å². The van der Waals surface area contributed by atoms with Gasteiger partial charge in [-0.2, -0.15) is 0 Å². The van der Waals surface area contributed by atoms with E-state index in [0.717, 1.165) is 36.1 Å². The maximum absolute atomic E-state index is 12.9. The molecule has 4 aliphatic carbocycles. The summed E-state index contributed by atoms with van der Waals surface area (Å²) in [6.07, 6.45) is 6.77. The third kappa shape index (κ3) is 4.16. The summed E-state index contributed by atoms with van der Waals surface area (Å²) in [7, 11) is 0. The van der Waals surface area contributed by atoms with Gasteiger partial charge in [0.15, 0.2) is 0 Å². The third-order valence-electron chi connectivity index (χ3n) is 7.25. The lowest BCUT2D eigenvalue weighted by Crippen LogP contribution is -2.54. The molecule has 156 valence electrons. The summed E-state index contributed by atoms with van der Waals surface area (Å²) in [5.41, 5.74) is 2.60. The van der Waals surface area contributed by atoms with E-state index in [1.165, 1.54) is 19.3 Å². The Morgan fingerprint density at radius 3 is 2.10 bits per heavy atom. The highest BCUT2D eigenvalue weighted by Crippen LogP contribution is 2.60. The smallest absolute Gasteiger partial charge is 0.243 e. The van der Waals surface area contributed by atoms with Crippen molar-refractivity contribution in [2.45, 2.75) is 52.4 Å². The average Bonchev–Trinajstić information content (AvgIpc) is 2.67. The Bertz CT molecular complexity index is 797. The van der Waals surface area contributed by atoms with Gasteiger partial charge in [0.1, 0.15) is 0 Å². The van der Waals surface area contributed by atoms with Gasteiger partial charge in [-0.1, -0.05) is 12.1 Å². The fourth-order valence-corrected chi connectivity index (χ4v) is 6.06. The number of benzene rings is 1. The van der Waals surface area contributed by atoms with Crippen LogP contribution in [0.2, 0.25) is 0 Å². The third-order valence-corrected chi connectivity index (χ3v) is 7.25. The van der Waals surface area contributed by atoms with Gasteiger partial charge in [-0.3, -0.25) is 14.4 Å². The quantitative estimate of drug-likeness (QED) is 0.690. The van der Waals surface area contributed by atoms with Crippen LogP contribution in [0.4, 0.5) is 5.69 Å². The van der Waals surface area contributed by atoms with E-state index < -0.39 is 0 Å². The largest absolute Gasteiger partial charge is 0.347 e. The summed E-state index contributed by atoms with van der Waals surface area (Å²) >= 11 is 0. The van der Waals surface area contributed by atoms with Crippen molar-refractivity contribution < 1.29 is 14.4 Å². The Morgan fingerprint density at radius 1 is 0.897 bits per heavy atom. The molecule has 29 heavy (non-hydrogen) atoms. The SMILES string of the molecule is Cc1cccc(NC(=O)CNC(=O)CNC(=O)C23CC4CC(CC(C4)C2)C3)c1C. The number of carbonyl (C=O) groups excluding carboxylic acids is 3. The van der Waals surface area contributed by atoms with Gasteiger partial charge >= 0.3 is 0 Å². The summed E-state index contributed by atoms with van der Waals surface area (Å²) in [4.78, 5) is 37.2. The zero-order chi connectivity index (χ0) is 20.6. The standard InChI is InChI=1S/C23H31N3O3/c1-14-4-3-5-19(15(14)2)26-21(28)13-24-20(27)12-25-22(29)23-9-16-6-17(10-23)8-18(7-16)11-23/h3-5,16-18H,6-13H2,1-2H3,(H,24,27)(H,25,29)(H,26,28). The van der Waals surface area contributed by atoms with E-state index in [0.29, 0.717) is 17.8 Å². The van der Waals surface area contributed by atoms with Crippen molar-refractivity contribution in [2.24, 2.45) is 23.2 Å². The van der Waals surface area contributed by atoms with Crippen LogP contribution in [0.15, 0.2) is 18.2 Å². The minimum absolute atomic E-state index is 0.0339. The monoisotopic (exact) mass is 397 g/mol. The Morgan fingerprint density at radius 2 is 1.48 bits per heavy atom. The van der Waals surface area contributed by atoms with Gasteiger partial charge in [-0.05, 0) is 87.3 Å². The second-order valence-electron chi connectivity index (χ2n) is 9.45. The molecular formula is C23H31N3O3. The van der Waals surface area contributed by atoms with Crippen LogP contribution in [0, 0.1) is 37.0 Å². The molecule has 0 aromatic heterocycles. The molecule has 1 aromatic carbocycles. The van der Waals surface area contributed by atoms with E-state index in [-0.39, 0.29) is 36.2 Å². The van der Waals surface area contributed by atoms with E-state index >= 15 is 0 Å². The Kier molecular flexibility index (Phi) is 5.36. The molecule has 4 bridgehead atoms. The second-order valence-corrected chi connectivity index (χ2v) is 9.45. The Hall–Kier alpha value is -2.37. The maximum Gasteiger partial charge on any atom is 0.243 e. The van der Waals surface area contributed by atoms with Gasteiger partial charge in [0.25, 0.3) is 0 Å². The van der Waals surface area contributed by atoms with Crippen LogP contribution in [0.3, 0.4) is 0 Å². The van der Waals surface area contributed by atoms with Gasteiger partial charge in [0, 0.05) is 11.1 Å². The normalized spacial score (nSPS) is 29.4. The van der Waals surface area contributed by atoms with E-state index in [4.69, 9.17) is 0 Å². The highest BCUT2D eigenvalue weighted by Gasteiger charge is 2.54. The van der Waals surface area contributed by atoms with Gasteiger partial charge < -0.3 is 16.0 Å². The van der Waals surface area contributed by atoms with Gasteiger partial charge in [-0.25, -0.2) is 0 Å². The predicted molar refractivity (Wildman–Crippen MR) is 111 cm³/mol. The summed E-state index contributed by atoms with van der Waals surface area (Å²) in [6.45, 7) is 3.75. The molecule has 0 atom stereocenters. The molecule has 0 heterocycles. The minimum atomic E-state index is -0.334. The van der Waals surface area contributed by atoms with Crippen LogP contribution in [0.1, 0.15) is 49.7 Å². The summed E-state index contributed by atoms with van der Waals surface area (Å²) in [5, 5.41) is 8.27. The molecule has 5 rings (SSSR count). The molecule has 0 radical (unpaired) electrons. The molecule has 0 spiro atoms. The highest BCUT2D eigenvalue weighted by atomic mass is 16.2. The van der Waals surface area contributed by atoms with E-state index in [1.807, 2.05) is 32.0 Å². The van der Waals surface area contributed by atoms with Crippen LogP contribution in [0.25, 0.3) is 0 Å². The molecule has 6 heteroatoms. The molecular weight excluding hydrogens is 366 g/mol. The van der Waals surface area contributed by atoms with Crippen molar-refractivity contribution >= 4 is 23.4 Å². The summed E-state index contributed by atoms with van der Waals surface area (Å²) in [5.74, 6) is 1.49. The number of carbonyl (C=O) groups is 3. The van der Waals surface area contributed by atoms with Crippen molar-refractivity contribution in [3.8, 4) is 0 Å². The molecule has 3 amide bonds. The lowest BCUT2D eigenvalue weighted by Gasteiger charge is -2.55. The molecule has 0 unspecified atom stereocenters. The number of amides is 3. The Labute approximate surface area is 172 Å². The zero-order valence-corrected chi connectivity index (χ0v) is 17.3. The summed E-state index contributed by atoms with van der Waals surface area (Å²) < 4.78 is 0. The first-order valence-electron chi connectivity index (χ1n) is 10.8. The van der Waals surface area contributed by atoms with Gasteiger partial charge in [0.2, 0.25) is 17.7 Å². The van der Waals surface area contributed by atoms with E-state index in [2.05, 4.69) is 16.0 Å². The fourth-order valence-electron chi connectivity index (χ4n) is 6.06. The molecule has 4 saturated carbocycles. The van der Waals surface area contributed by atoms with Crippen LogP contribution in [-0.4, -0.2) is 30.8 Å². The number of anilines is 1. The predicted octanol–water partition coefficient (Wildman–Crippen LogP) is 2.69. The zero-order valence-electron chi connectivity index (χ0n) is 17.3. The first-order chi connectivity index (χ1) is 13.8. The number of hydrogen-bond donors (Lipinski definition) is 3.